The molecule has 0 saturated carbocycles. The topological polar surface area (TPSA) is 62.6 Å². The van der Waals surface area contributed by atoms with Crippen LogP contribution < -0.4 is 9.47 Å². The lowest BCUT2D eigenvalue weighted by Crippen LogP contribution is -2.56. The Kier molecular flexibility index (Phi) is 5.89. The number of hydrogen-bond acceptors (Lipinski definition) is 4. The fourth-order valence-corrected chi connectivity index (χ4v) is 3.01. The summed E-state index contributed by atoms with van der Waals surface area (Å²) < 4.78 is 49.3. The summed E-state index contributed by atoms with van der Waals surface area (Å²) in [5, 5.41) is 8.90. The predicted molar refractivity (Wildman–Crippen MR) is 99.1 cm³/mol. The average Bonchev–Trinajstić information content (AvgIpc) is 2.64. The van der Waals surface area contributed by atoms with Gasteiger partial charge in [-0.1, -0.05) is 29.8 Å². The van der Waals surface area contributed by atoms with Crippen LogP contribution in [0.25, 0.3) is 0 Å². The Labute approximate surface area is 170 Å². The van der Waals surface area contributed by atoms with E-state index >= 15 is 0 Å². The SMILES string of the molecule is CC(Oc1ccc(C#N)c(Cl)c1C(=O)N1CC(Oc2ccccc2)C1)C(F)(F)F. The van der Waals surface area contributed by atoms with Gasteiger partial charge in [0.2, 0.25) is 0 Å². The van der Waals surface area contributed by atoms with E-state index in [1.165, 1.54) is 11.0 Å². The van der Waals surface area contributed by atoms with Crippen LogP contribution in [-0.2, 0) is 0 Å². The van der Waals surface area contributed by atoms with E-state index in [0.29, 0.717) is 5.75 Å². The Bertz CT molecular complexity index is 938. The van der Waals surface area contributed by atoms with Gasteiger partial charge in [0.15, 0.2) is 6.10 Å². The fraction of sp³-hybridized carbons (Fsp3) is 0.300. The van der Waals surface area contributed by atoms with Gasteiger partial charge in [-0.05, 0) is 31.2 Å². The van der Waals surface area contributed by atoms with Gasteiger partial charge in [-0.15, -0.1) is 0 Å². The van der Waals surface area contributed by atoms with Crippen molar-refractivity contribution in [2.75, 3.05) is 13.1 Å². The highest BCUT2D eigenvalue weighted by Gasteiger charge is 2.40. The summed E-state index contributed by atoms with van der Waals surface area (Å²) in [4.78, 5) is 14.3. The van der Waals surface area contributed by atoms with E-state index in [0.717, 1.165) is 13.0 Å². The first-order valence-corrected chi connectivity index (χ1v) is 9.05. The number of benzene rings is 2. The highest BCUT2D eigenvalue weighted by Crippen LogP contribution is 2.35. The molecule has 1 heterocycles. The number of nitriles is 1. The van der Waals surface area contributed by atoms with Crippen molar-refractivity contribution in [1.29, 1.82) is 5.26 Å². The number of amides is 1. The summed E-state index contributed by atoms with van der Waals surface area (Å²) in [5.74, 6) is -0.294. The zero-order chi connectivity index (χ0) is 21.2. The third kappa shape index (κ3) is 4.57. The van der Waals surface area contributed by atoms with Crippen molar-refractivity contribution in [3.8, 4) is 17.6 Å². The number of hydrogen-bond donors (Lipinski definition) is 0. The van der Waals surface area contributed by atoms with E-state index in [-0.39, 0.29) is 41.1 Å². The zero-order valence-corrected chi connectivity index (χ0v) is 16.0. The minimum absolute atomic E-state index is 0.0281. The van der Waals surface area contributed by atoms with Crippen LogP contribution in [0.5, 0.6) is 11.5 Å². The number of carbonyl (C=O) groups excluding carboxylic acids is 1. The van der Waals surface area contributed by atoms with Gasteiger partial charge in [0.05, 0.1) is 23.7 Å². The summed E-state index contributed by atoms with van der Waals surface area (Å²) in [5.41, 5.74) is -0.292. The lowest BCUT2D eigenvalue weighted by Gasteiger charge is -2.39. The van der Waals surface area contributed by atoms with Crippen molar-refractivity contribution in [1.82, 2.24) is 4.90 Å². The third-order valence-electron chi connectivity index (χ3n) is 4.38. The van der Waals surface area contributed by atoms with E-state index in [2.05, 4.69) is 0 Å². The second kappa shape index (κ2) is 8.21. The Morgan fingerprint density at radius 1 is 1.24 bits per heavy atom. The van der Waals surface area contributed by atoms with Crippen LogP contribution in [0, 0.1) is 11.3 Å². The third-order valence-corrected chi connectivity index (χ3v) is 4.78. The summed E-state index contributed by atoms with van der Waals surface area (Å²) >= 11 is 6.14. The molecule has 0 radical (unpaired) electrons. The molecule has 1 aliphatic heterocycles. The van der Waals surface area contributed by atoms with E-state index in [1.54, 1.807) is 12.1 Å². The molecule has 9 heteroatoms. The van der Waals surface area contributed by atoms with Gasteiger partial charge in [0, 0.05) is 0 Å². The number of rotatable bonds is 5. The number of nitrogens with zero attached hydrogens (tertiary/aromatic N) is 2. The second-order valence-corrected chi connectivity index (χ2v) is 6.85. The molecule has 2 aromatic carbocycles. The molecule has 0 aliphatic carbocycles. The number of carbonyl (C=O) groups is 1. The quantitative estimate of drug-likeness (QED) is 0.711. The Morgan fingerprint density at radius 2 is 1.90 bits per heavy atom. The van der Waals surface area contributed by atoms with Crippen LogP contribution in [-0.4, -0.2) is 42.3 Å². The molecule has 1 amide bonds. The van der Waals surface area contributed by atoms with Gasteiger partial charge in [-0.3, -0.25) is 4.79 Å². The molecule has 152 valence electrons. The molecule has 2 aromatic rings. The Hall–Kier alpha value is -2.92. The highest BCUT2D eigenvalue weighted by atomic mass is 35.5. The summed E-state index contributed by atoms with van der Waals surface area (Å²) in [6.45, 7) is 1.29. The van der Waals surface area contributed by atoms with Crippen LogP contribution in [0.2, 0.25) is 5.02 Å². The van der Waals surface area contributed by atoms with E-state index in [9.17, 15) is 18.0 Å². The van der Waals surface area contributed by atoms with Crippen molar-refractivity contribution in [2.45, 2.75) is 25.3 Å². The number of likely N-dealkylation sites (tertiary alicyclic amines) is 1. The number of ether oxygens (including phenoxy) is 2. The molecule has 0 bridgehead atoms. The largest absolute Gasteiger partial charge is 0.487 e. The van der Waals surface area contributed by atoms with Gasteiger partial charge < -0.3 is 14.4 Å². The van der Waals surface area contributed by atoms with E-state index in [4.69, 9.17) is 26.3 Å². The van der Waals surface area contributed by atoms with Crippen molar-refractivity contribution < 1.29 is 27.4 Å². The first-order valence-electron chi connectivity index (χ1n) is 8.67. The van der Waals surface area contributed by atoms with E-state index < -0.39 is 18.2 Å². The maximum atomic E-state index is 12.9. The minimum Gasteiger partial charge on any atom is -0.487 e. The van der Waals surface area contributed by atoms with Crippen LogP contribution in [0.15, 0.2) is 42.5 Å². The molecule has 0 spiro atoms. The molecule has 1 fully saturated rings. The van der Waals surface area contributed by atoms with Gasteiger partial charge >= 0.3 is 6.18 Å². The molecular formula is C20H16ClF3N2O3. The standard InChI is InChI=1S/C20H16ClF3N2O3/c1-12(20(22,23)24)28-16-8-7-13(9-25)18(21)17(16)19(27)26-10-15(11-26)29-14-5-3-2-4-6-14/h2-8,12,15H,10-11H2,1H3. The summed E-state index contributed by atoms with van der Waals surface area (Å²) in [7, 11) is 0. The van der Waals surface area contributed by atoms with Gasteiger partial charge in [-0.2, -0.15) is 18.4 Å². The highest BCUT2D eigenvalue weighted by molar-refractivity contribution is 6.35. The molecule has 5 nitrogen and oxygen atoms in total. The molecule has 3 rings (SSSR count). The lowest BCUT2D eigenvalue weighted by atomic mass is 10.0. The second-order valence-electron chi connectivity index (χ2n) is 6.48. The first kappa shape index (κ1) is 20.8. The zero-order valence-electron chi connectivity index (χ0n) is 15.2. The number of halogens is 4. The van der Waals surface area contributed by atoms with Crippen molar-refractivity contribution in [3.63, 3.8) is 0 Å². The normalized spacial score (nSPS) is 15.2. The van der Waals surface area contributed by atoms with Crippen LogP contribution in [0.1, 0.15) is 22.8 Å². The first-order chi connectivity index (χ1) is 13.7. The number of para-hydroxylation sites is 1. The van der Waals surface area contributed by atoms with Crippen molar-refractivity contribution in [3.05, 3.63) is 58.6 Å². The molecule has 0 aromatic heterocycles. The van der Waals surface area contributed by atoms with Crippen LogP contribution in [0.4, 0.5) is 13.2 Å². The van der Waals surface area contributed by atoms with Crippen molar-refractivity contribution in [2.24, 2.45) is 0 Å². The molecular weight excluding hydrogens is 409 g/mol. The Morgan fingerprint density at radius 3 is 2.48 bits per heavy atom. The maximum Gasteiger partial charge on any atom is 0.425 e. The molecule has 0 N–H and O–H groups in total. The maximum absolute atomic E-state index is 12.9. The smallest absolute Gasteiger partial charge is 0.425 e. The van der Waals surface area contributed by atoms with E-state index in [1.807, 2.05) is 24.3 Å². The van der Waals surface area contributed by atoms with Crippen LogP contribution in [0.3, 0.4) is 0 Å². The molecule has 1 saturated heterocycles. The van der Waals surface area contributed by atoms with Gasteiger partial charge in [0.25, 0.3) is 5.91 Å². The van der Waals surface area contributed by atoms with Crippen LogP contribution >= 0.6 is 11.6 Å². The molecule has 29 heavy (non-hydrogen) atoms. The minimum atomic E-state index is -4.62. The lowest BCUT2D eigenvalue weighted by molar-refractivity contribution is -0.189. The monoisotopic (exact) mass is 424 g/mol. The Balaban J connectivity index is 1.78. The number of alkyl halides is 3. The summed E-state index contributed by atoms with van der Waals surface area (Å²) in [6.07, 6.45) is -7.02. The average molecular weight is 425 g/mol. The van der Waals surface area contributed by atoms with Crippen molar-refractivity contribution >= 4 is 17.5 Å². The summed E-state index contributed by atoms with van der Waals surface area (Å²) in [6, 6.07) is 13.2. The van der Waals surface area contributed by atoms with Gasteiger partial charge in [0.1, 0.15) is 29.2 Å². The molecule has 1 aliphatic rings. The predicted octanol–water partition coefficient (Wildman–Crippen LogP) is 4.44. The molecule has 1 atom stereocenters. The molecule has 1 unspecified atom stereocenters. The fourth-order valence-electron chi connectivity index (χ4n) is 2.73. The van der Waals surface area contributed by atoms with Gasteiger partial charge in [-0.25, -0.2) is 0 Å².